The van der Waals surface area contributed by atoms with Crippen LogP contribution in [0.25, 0.3) is 0 Å². The molecule has 1 atom stereocenters. The van der Waals surface area contributed by atoms with Crippen LogP contribution in [-0.2, 0) is 6.42 Å². The Morgan fingerprint density at radius 1 is 1.26 bits per heavy atom. The predicted octanol–water partition coefficient (Wildman–Crippen LogP) is 3.85. The molecule has 0 aromatic heterocycles. The van der Waals surface area contributed by atoms with Crippen molar-refractivity contribution in [3.8, 4) is 0 Å². The molecule has 1 amide bonds. The lowest BCUT2D eigenvalue weighted by Gasteiger charge is -2.25. The van der Waals surface area contributed by atoms with E-state index in [1.165, 1.54) is 17.5 Å². The Kier molecular flexibility index (Phi) is 5.67. The molecule has 0 aliphatic heterocycles. The van der Waals surface area contributed by atoms with Gasteiger partial charge in [-0.25, -0.2) is 0 Å². The highest BCUT2D eigenvalue weighted by Crippen LogP contribution is 2.30. The second-order valence-electron chi connectivity index (χ2n) is 6.07. The molecule has 122 valence electrons. The molecule has 3 N–H and O–H groups in total. The van der Waals surface area contributed by atoms with Gasteiger partial charge in [-0.1, -0.05) is 30.3 Å². The molecule has 0 saturated carbocycles. The number of amides is 1. The molecule has 1 aliphatic carbocycles. The molecular formula is C19H23ClN2O. The van der Waals surface area contributed by atoms with Crippen LogP contribution >= 0.6 is 12.4 Å². The number of benzene rings is 2. The lowest BCUT2D eigenvalue weighted by molar-refractivity contribution is 0.0949. The van der Waals surface area contributed by atoms with Gasteiger partial charge in [-0.15, -0.1) is 12.4 Å². The van der Waals surface area contributed by atoms with Crippen LogP contribution in [0, 0.1) is 6.92 Å². The number of nitrogens with one attached hydrogen (secondary N) is 1. The number of halogens is 1. The largest absolute Gasteiger partial charge is 0.399 e. The van der Waals surface area contributed by atoms with Crippen molar-refractivity contribution in [2.45, 2.75) is 32.1 Å². The Morgan fingerprint density at radius 3 is 2.87 bits per heavy atom. The van der Waals surface area contributed by atoms with Gasteiger partial charge in [0.05, 0.1) is 0 Å². The summed E-state index contributed by atoms with van der Waals surface area (Å²) in [7, 11) is 0. The topological polar surface area (TPSA) is 55.1 Å². The number of nitrogen functional groups attached to an aromatic ring is 1. The fraction of sp³-hybridized carbons (Fsp3) is 0.316. The molecule has 0 saturated heterocycles. The van der Waals surface area contributed by atoms with Crippen molar-refractivity contribution in [1.29, 1.82) is 0 Å². The van der Waals surface area contributed by atoms with Gasteiger partial charge in [0.1, 0.15) is 0 Å². The van der Waals surface area contributed by atoms with E-state index in [4.69, 9.17) is 5.73 Å². The number of carbonyl (C=O) groups is 1. The lowest BCUT2D eigenvalue weighted by atomic mass is 9.83. The number of nitrogens with two attached hydrogens (primary N) is 1. The zero-order valence-electron chi connectivity index (χ0n) is 13.3. The molecule has 3 nitrogen and oxygen atoms in total. The van der Waals surface area contributed by atoms with Crippen LogP contribution in [0.5, 0.6) is 0 Å². The van der Waals surface area contributed by atoms with Crippen LogP contribution in [0.1, 0.15) is 45.8 Å². The standard InChI is InChI=1S/C19H22N2O.ClH/c1-13-9-10-16(20)11-18(13)19(22)21-12-15-7-4-6-14-5-2-3-8-17(14)15;/h2-3,5,8-11,15H,4,6-7,12,20H2,1H3,(H,21,22);1H. The van der Waals surface area contributed by atoms with Crippen molar-refractivity contribution < 1.29 is 4.79 Å². The van der Waals surface area contributed by atoms with E-state index in [0.717, 1.165) is 18.4 Å². The first-order valence-corrected chi connectivity index (χ1v) is 7.87. The number of fused-ring (bicyclic) bond motifs is 1. The first-order chi connectivity index (χ1) is 10.6. The minimum absolute atomic E-state index is 0. The zero-order chi connectivity index (χ0) is 15.5. The summed E-state index contributed by atoms with van der Waals surface area (Å²) in [6, 6.07) is 14.0. The van der Waals surface area contributed by atoms with Crippen LogP contribution < -0.4 is 11.1 Å². The summed E-state index contributed by atoms with van der Waals surface area (Å²) in [6.07, 6.45) is 3.47. The van der Waals surface area contributed by atoms with Crippen molar-refractivity contribution in [2.75, 3.05) is 12.3 Å². The average Bonchev–Trinajstić information content (AvgIpc) is 2.54. The first-order valence-electron chi connectivity index (χ1n) is 7.87. The highest BCUT2D eigenvalue weighted by Gasteiger charge is 2.20. The molecule has 0 bridgehead atoms. The summed E-state index contributed by atoms with van der Waals surface area (Å²) in [5.41, 5.74) is 10.8. The van der Waals surface area contributed by atoms with Crippen molar-refractivity contribution in [2.24, 2.45) is 0 Å². The fourth-order valence-electron chi connectivity index (χ4n) is 3.26. The number of hydrogen-bond donors (Lipinski definition) is 2. The maximum Gasteiger partial charge on any atom is 0.251 e. The Balaban J connectivity index is 0.00000192. The Morgan fingerprint density at radius 2 is 2.04 bits per heavy atom. The van der Waals surface area contributed by atoms with E-state index >= 15 is 0 Å². The minimum Gasteiger partial charge on any atom is -0.399 e. The second kappa shape index (κ2) is 7.51. The Hall–Kier alpha value is -2.00. The Bertz CT molecular complexity index is 700. The third-order valence-corrected chi connectivity index (χ3v) is 4.51. The molecule has 0 spiro atoms. The molecule has 3 rings (SSSR count). The predicted molar refractivity (Wildman–Crippen MR) is 97.3 cm³/mol. The van der Waals surface area contributed by atoms with Gasteiger partial charge < -0.3 is 11.1 Å². The van der Waals surface area contributed by atoms with Gasteiger partial charge in [0.2, 0.25) is 0 Å². The summed E-state index contributed by atoms with van der Waals surface area (Å²) in [4.78, 5) is 12.4. The quantitative estimate of drug-likeness (QED) is 0.840. The van der Waals surface area contributed by atoms with Crippen LogP contribution in [0.15, 0.2) is 42.5 Å². The lowest BCUT2D eigenvalue weighted by Crippen LogP contribution is -2.30. The molecule has 2 aromatic carbocycles. The van der Waals surface area contributed by atoms with E-state index in [2.05, 4.69) is 29.6 Å². The monoisotopic (exact) mass is 330 g/mol. The van der Waals surface area contributed by atoms with Gasteiger partial charge in [-0.05, 0) is 55.0 Å². The van der Waals surface area contributed by atoms with Gasteiger partial charge in [-0.2, -0.15) is 0 Å². The van der Waals surface area contributed by atoms with E-state index in [1.807, 2.05) is 19.1 Å². The molecule has 23 heavy (non-hydrogen) atoms. The third-order valence-electron chi connectivity index (χ3n) is 4.51. The van der Waals surface area contributed by atoms with E-state index in [-0.39, 0.29) is 18.3 Å². The van der Waals surface area contributed by atoms with Crippen LogP contribution in [0.4, 0.5) is 5.69 Å². The molecule has 1 unspecified atom stereocenters. The van der Waals surface area contributed by atoms with Crippen LogP contribution in [-0.4, -0.2) is 12.5 Å². The molecule has 4 heteroatoms. The maximum atomic E-state index is 12.4. The fourth-order valence-corrected chi connectivity index (χ4v) is 3.26. The van der Waals surface area contributed by atoms with Gasteiger partial charge in [0.25, 0.3) is 5.91 Å². The molecular weight excluding hydrogens is 308 g/mol. The van der Waals surface area contributed by atoms with E-state index in [1.54, 1.807) is 6.07 Å². The van der Waals surface area contributed by atoms with E-state index < -0.39 is 0 Å². The number of rotatable bonds is 3. The smallest absolute Gasteiger partial charge is 0.251 e. The molecule has 0 fully saturated rings. The third kappa shape index (κ3) is 3.85. The number of hydrogen-bond acceptors (Lipinski definition) is 2. The first kappa shape index (κ1) is 17.4. The van der Waals surface area contributed by atoms with Crippen LogP contribution in [0.3, 0.4) is 0 Å². The normalized spacial score (nSPS) is 16.1. The summed E-state index contributed by atoms with van der Waals surface area (Å²) in [6.45, 7) is 2.62. The van der Waals surface area contributed by atoms with E-state index in [9.17, 15) is 4.79 Å². The average molecular weight is 331 g/mol. The van der Waals surface area contributed by atoms with Crippen molar-refractivity contribution in [1.82, 2.24) is 5.32 Å². The SMILES string of the molecule is Cc1ccc(N)cc1C(=O)NCC1CCCc2ccccc21.Cl. The Labute approximate surface area is 143 Å². The van der Waals surface area contributed by atoms with Gasteiger partial charge in [0, 0.05) is 23.7 Å². The van der Waals surface area contributed by atoms with Crippen molar-refractivity contribution in [3.63, 3.8) is 0 Å². The number of anilines is 1. The highest BCUT2D eigenvalue weighted by molar-refractivity contribution is 5.96. The summed E-state index contributed by atoms with van der Waals surface area (Å²) in [5, 5.41) is 3.08. The number of carbonyl (C=O) groups excluding carboxylic acids is 1. The van der Waals surface area contributed by atoms with Gasteiger partial charge in [-0.3, -0.25) is 4.79 Å². The van der Waals surface area contributed by atoms with Gasteiger partial charge >= 0.3 is 0 Å². The van der Waals surface area contributed by atoms with Crippen molar-refractivity contribution in [3.05, 3.63) is 64.7 Å². The molecule has 0 radical (unpaired) electrons. The number of aryl methyl sites for hydroxylation is 2. The highest BCUT2D eigenvalue weighted by atomic mass is 35.5. The van der Waals surface area contributed by atoms with Crippen LogP contribution in [0.2, 0.25) is 0 Å². The molecule has 2 aromatic rings. The van der Waals surface area contributed by atoms with Gasteiger partial charge in [0.15, 0.2) is 0 Å². The summed E-state index contributed by atoms with van der Waals surface area (Å²) in [5.74, 6) is 0.378. The summed E-state index contributed by atoms with van der Waals surface area (Å²) >= 11 is 0. The molecule has 1 aliphatic rings. The minimum atomic E-state index is -0.0344. The van der Waals surface area contributed by atoms with E-state index in [0.29, 0.717) is 23.7 Å². The zero-order valence-corrected chi connectivity index (χ0v) is 14.2. The van der Waals surface area contributed by atoms with Crippen molar-refractivity contribution >= 4 is 24.0 Å². The second-order valence-corrected chi connectivity index (χ2v) is 6.07. The molecule has 0 heterocycles. The summed E-state index contributed by atoms with van der Waals surface area (Å²) < 4.78 is 0. The maximum absolute atomic E-state index is 12.4.